The van der Waals surface area contributed by atoms with E-state index in [0.29, 0.717) is 12.2 Å². The number of hydrogen-bond acceptors (Lipinski definition) is 4. The first-order valence-corrected chi connectivity index (χ1v) is 8.13. The Balaban J connectivity index is 1.74. The molecule has 0 bridgehead atoms. The first-order valence-electron chi connectivity index (χ1n) is 8.13. The zero-order valence-electron chi connectivity index (χ0n) is 14.3. The van der Waals surface area contributed by atoms with Crippen molar-refractivity contribution in [3.05, 3.63) is 72.8 Å². The van der Waals surface area contributed by atoms with Crippen LogP contribution in [0.1, 0.15) is 5.56 Å². The van der Waals surface area contributed by atoms with Gasteiger partial charge in [-0.1, -0.05) is 42.5 Å². The zero-order valence-corrected chi connectivity index (χ0v) is 14.3. The molecule has 0 aliphatic rings. The summed E-state index contributed by atoms with van der Waals surface area (Å²) in [6, 6.07) is 17.3. The van der Waals surface area contributed by atoms with Crippen LogP contribution in [0.3, 0.4) is 0 Å². The summed E-state index contributed by atoms with van der Waals surface area (Å²) in [5.41, 5.74) is 2.74. The normalized spacial score (nSPS) is 12.1. The summed E-state index contributed by atoms with van der Waals surface area (Å²) >= 11 is 0. The predicted molar refractivity (Wildman–Crippen MR) is 98.2 cm³/mol. The van der Waals surface area contributed by atoms with Gasteiger partial charge in [0.1, 0.15) is 0 Å². The van der Waals surface area contributed by atoms with Gasteiger partial charge in [0.25, 0.3) is 0 Å². The molecule has 1 aromatic heterocycles. The first kappa shape index (κ1) is 16.9. The van der Waals surface area contributed by atoms with Gasteiger partial charge in [0.05, 0.1) is 12.2 Å². The molecule has 25 heavy (non-hydrogen) atoms. The van der Waals surface area contributed by atoms with Crippen LogP contribution in [0.15, 0.2) is 71.6 Å². The lowest BCUT2D eigenvalue weighted by Gasteiger charge is -2.23. The Labute approximate surface area is 147 Å². The Bertz CT molecular complexity index is 814. The smallest absolute Gasteiger partial charge is 0.242 e. The van der Waals surface area contributed by atoms with E-state index < -0.39 is 0 Å². The molecule has 0 aliphatic carbocycles. The van der Waals surface area contributed by atoms with Gasteiger partial charge in [-0.05, 0) is 38.2 Å². The van der Waals surface area contributed by atoms with E-state index in [9.17, 15) is 4.79 Å². The number of nitrogens with one attached hydrogen (secondary N) is 1. The average Bonchev–Trinajstić information content (AvgIpc) is 3.15. The van der Waals surface area contributed by atoms with Crippen LogP contribution < -0.4 is 5.32 Å². The minimum Gasteiger partial charge on any atom is -0.444 e. The lowest BCUT2D eigenvalue weighted by atomic mass is 10.0. The van der Waals surface area contributed by atoms with E-state index in [0.717, 1.165) is 16.8 Å². The van der Waals surface area contributed by atoms with Gasteiger partial charge in [0, 0.05) is 11.3 Å². The minimum absolute atomic E-state index is 0.0384. The van der Waals surface area contributed by atoms with Crippen molar-refractivity contribution in [2.24, 2.45) is 0 Å². The second kappa shape index (κ2) is 7.77. The maximum Gasteiger partial charge on any atom is 0.242 e. The standard InChI is InChI=1S/C20H21N3O2/c1-23(2)18(11-15-7-4-3-5-8-15)20(24)22-17-10-6-9-16(12-17)19-13-21-14-25-19/h3-10,12-14,18H,11H2,1-2H3,(H,22,24)/t18-/m0/s1. The number of nitrogens with zero attached hydrogens (tertiary/aromatic N) is 2. The molecule has 0 spiro atoms. The highest BCUT2D eigenvalue weighted by Gasteiger charge is 2.21. The maximum atomic E-state index is 12.8. The van der Waals surface area contributed by atoms with Crippen LogP contribution >= 0.6 is 0 Å². The van der Waals surface area contributed by atoms with Crippen LogP contribution in [0.2, 0.25) is 0 Å². The Morgan fingerprint density at radius 2 is 1.96 bits per heavy atom. The van der Waals surface area contributed by atoms with Crippen molar-refractivity contribution in [2.45, 2.75) is 12.5 Å². The molecular weight excluding hydrogens is 314 g/mol. The minimum atomic E-state index is -0.253. The Morgan fingerprint density at radius 3 is 2.64 bits per heavy atom. The summed E-state index contributed by atoms with van der Waals surface area (Å²) in [4.78, 5) is 18.6. The fourth-order valence-corrected chi connectivity index (χ4v) is 2.68. The highest BCUT2D eigenvalue weighted by atomic mass is 16.3. The molecule has 0 unspecified atom stereocenters. The molecule has 1 heterocycles. The Morgan fingerprint density at radius 1 is 1.16 bits per heavy atom. The van der Waals surface area contributed by atoms with Crippen molar-refractivity contribution in [3.8, 4) is 11.3 Å². The molecule has 0 saturated heterocycles. The monoisotopic (exact) mass is 335 g/mol. The Kier molecular flexibility index (Phi) is 5.26. The van der Waals surface area contributed by atoms with Crippen molar-refractivity contribution in [3.63, 3.8) is 0 Å². The third kappa shape index (κ3) is 4.33. The number of carbonyl (C=O) groups is 1. The number of aromatic nitrogens is 1. The number of amides is 1. The van der Waals surface area contributed by atoms with Crippen LogP contribution in [0.5, 0.6) is 0 Å². The Hall–Kier alpha value is -2.92. The van der Waals surface area contributed by atoms with E-state index in [4.69, 9.17) is 4.42 Å². The van der Waals surface area contributed by atoms with Crippen molar-refractivity contribution in [2.75, 3.05) is 19.4 Å². The second-order valence-corrected chi connectivity index (χ2v) is 6.10. The van der Waals surface area contributed by atoms with E-state index in [1.807, 2.05) is 73.6 Å². The molecular formula is C20H21N3O2. The van der Waals surface area contributed by atoms with Crippen molar-refractivity contribution in [1.29, 1.82) is 0 Å². The van der Waals surface area contributed by atoms with Gasteiger partial charge in [-0.15, -0.1) is 0 Å². The highest BCUT2D eigenvalue weighted by molar-refractivity contribution is 5.95. The summed E-state index contributed by atoms with van der Waals surface area (Å²) in [5, 5.41) is 3.00. The highest BCUT2D eigenvalue weighted by Crippen LogP contribution is 2.22. The maximum absolute atomic E-state index is 12.8. The van der Waals surface area contributed by atoms with Crippen LogP contribution in [-0.4, -0.2) is 35.9 Å². The van der Waals surface area contributed by atoms with Crippen molar-refractivity contribution >= 4 is 11.6 Å². The van der Waals surface area contributed by atoms with Gasteiger partial charge in [-0.2, -0.15) is 0 Å². The van der Waals surface area contributed by atoms with E-state index in [2.05, 4.69) is 10.3 Å². The number of hydrogen-bond donors (Lipinski definition) is 1. The van der Waals surface area contributed by atoms with Crippen molar-refractivity contribution < 1.29 is 9.21 Å². The molecule has 5 nitrogen and oxygen atoms in total. The van der Waals surface area contributed by atoms with E-state index in [-0.39, 0.29) is 11.9 Å². The molecule has 5 heteroatoms. The van der Waals surface area contributed by atoms with E-state index >= 15 is 0 Å². The molecule has 2 aromatic carbocycles. The number of oxazole rings is 1. The molecule has 0 aliphatic heterocycles. The molecule has 3 rings (SSSR count). The summed E-state index contributed by atoms with van der Waals surface area (Å²) < 4.78 is 5.31. The molecule has 1 N–H and O–H groups in total. The quantitative estimate of drug-likeness (QED) is 0.749. The first-order chi connectivity index (χ1) is 12.1. The SMILES string of the molecule is CN(C)[C@@H](Cc1ccccc1)C(=O)Nc1cccc(-c2cnco2)c1. The zero-order chi connectivity index (χ0) is 17.6. The van der Waals surface area contributed by atoms with Crippen LogP contribution in [0.25, 0.3) is 11.3 Å². The van der Waals surface area contributed by atoms with Gasteiger partial charge >= 0.3 is 0 Å². The van der Waals surface area contributed by atoms with Gasteiger partial charge < -0.3 is 9.73 Å². The number of anilines is 1. The summed E-state index contributed by atoms with van der Waals surface area (Å²) in [6.07, 6.45) is 3.70. The predicted octanol–water partition coefficient (Wildman–Crippen LogP) is 3.45. The van der Waals surface area contributed by atoms with Crippen molar-refractivity contribution in [1.82, 2.24) is 9.88 Å². The third-order valence-corrected chi connectivity index (χ3v) is 4.04. The van der Waals surface area contributed by atoms with Gasteiger partial charge in [-0.25, -0.2) is 4.98 Å². The van der Waals surface area contributed by atoms with E-state index in [1.54, 1.807) is 6.20 Å². The van der Waals surface area contributed by atoms with Gasteiger partial charge in [0.2, 0.25) is 5.91 Å². The van der Waals surface area contributed by atoms with Crippen LogP contribution in [0.4, 0.5) is 5.69 Å². The van der Waals surface area contributed by atoms with Gasteiger partial charge in [-0.3, -0.25) is 9.69 Å². The van der Waals surface area contributed by atoms with Crippen LogP contribution in [0, 0.1) is 0 Å². The molecule has 1 atom stereocenters. The fourth-order valence-electron chi connectivity index (χ4n) is 2.68. The third-order valence-electron chi connectivity index (χ3n) is 4.04. The summed E-state index contributed by atoms with van der Waals surface area (Å²) in [7, 11) is 3.83. The molecule has 1 amide bonds. The topological polar surface area (TPSA) is 58.4 Å². The molecule has 0 fully saturated rings. The molecule has 3 aromatic rings. The molecule has 0 saturated carbocycles. The lowest BCUT2D eigenvalue weighted by molar-refractivity contribution is -0.120. The number of carbonyl (C=O) groups excluding carboxylic acids is 1. The summed E-state index contributed by atoms with van der Waals surface area (Å²) in [5.74, 6) is 0.633. The molecule has 0 radical (unpaired) electrons. The molecule has 128 valence electrons. The average molecular weight is 335 g/mol. The second-order valence-electron chi connectivity index (χ2n) is 6.10. The van der Waals surface area contributed by atoms with Crippen LogP contribution in [-0.2, 0) is 11.2 Å². The number of likely N-dealkylation sites (N-methyl/N-ethyl adjacent to an activating group) is 1. The number of rotatable bonds is 6. The number of benzene rings is 2. The summed E-state index contributed by atoms with van der Waals surface area (Å²) in [6.45, 7) is 0. The van der Waals surface area contributed by atoms with E-state index in [1.165, 1.54) is 6.39 Å². The lowest BCUT2D eigenvalue weighted by Crippen LogP contribution is -2.41. The fraction of sp³-hybridized carbons (Fsp3) is 0.200. The largest absolute Gasteiger partial charge is 0.444 e. The van der Waals surface area contributed by atoms with Gasteiger partial charge in [0.15, 0.2) is 12.2 Å².